The van der Waals surface area contributed by atoms with Crippen molar-refractivity contribution in [2.45, 2.75) is 6.42 Å². The van der Waals surface area contributed by atoms with Crippen LogP contribution in [-0.4, -0.2) is 33.7 Å². The number of ether oxygens (including phenoxy) is 1. The summed E-state index contributed by atoms with van der Waals surface area (Å²) in [5.74, 6) is -2.10. The largest absolute Gasteiger partial charge is 0.497 e. The summed E-state index contributed by atoms with van der Waals surface area (Å²) in [7, 11) is -3.25. The third-order valence-corrected chi connectivity index (χ3v) is 3.95. The van der Waals surface area contributed by atoms with Crippen molar-refractivity contribution < 1.29 is 26.2 Å². The molecule has 0 bridgehead atoms. The van der Waals surface area contributed by atoms with Crippen molar-refractivity contribution >= 4 is 21.8 Å². The Labute approximate surface area is 115 Å². The number of hydrogen-bond acceptors (Lipinski definition) is 4. The van der Waals surface area contributed by atoms with E-state index in [1.165, 1.54) is 19.2 Å². The van der Waals surface area contributed by atoms with Crippen LogP contribution in [-0.2, 0) is 15.0 Å². The van der Waals surface area contributed by atoms with Gasteiger partial charge in [0.25, 0.3) is 0 Å². The van der Waals surface area contributed by atoms with Crippen LogP contribution in [0.1, 0.15) is 6.42 Å². The predicted octanol–water partition coefficient (Wildman–Crippen LogP) is 1.49. The van der Waals surface area contributed by atoms with Crippen molar-refractivity contribution in [3.05, 3.63) is 24.0 Å². The van der Waals surface area contributed by atoms with Gasteiger partial charge >= 0.3 is 10.2 Å². The van der Waals surface area contributed by atoms with Crippen LogP contribution < -0.4 is 9.64 Å². The summed E-state index contributed by atoms with van der Waals surface area (Å²) in [6, 6.07) is 3.91. The average molecular weight is 305 g/mol. The summed E-state index contributed by atoms with van der Waals surface area (Å²) < 4.78 is 52.6. The van der Waals surface area contributed by atoms with E-state index in [1.807, 2.05) is 0 Å². The fourth-order valence-electron chi connectivity index (χ4n) is 2.23. The Morgan fingerprint density at radius 2 is 2.15 bits per heavy atom. The van der Waals surface area contributed by atoms with Gasteiger partial charge in [0.1, 0.15) is 11.6 Å². The monoisotopic (exact) mass is 305 g/mol. The zero-order chi connectivity index (χ0) is 14.9. The summed E-state index contributed by atoms with van der Waals surface area (Å²) in [6.45, 7) is -0.0356. The molecule has 1 aromatic rings. The molecule has 0 spiro atoms. The second kappa shape index (κ2) is 5.35. The van der Waals surface area contributed by atoms with Crippen LogP contribution in [0, 0.1) is 11.7 Å². The predicted molar refractivity (Wildman–Crippen MR) is 68.3 cm³/mol. The van der Waals surface area contributed by atoms with Crippen molar-refractivity contribution in [2.24, 2.45) is 5.92 Å². The van der Waals surface area contributed by atoms with Gasteiger partial charge in [-0.15, -0.1) is 3.89 Å². The van der Waals surface area contributed by atoms with Crippen LogP contribution in [0.15, 0.2) is 18.2 Å². The molecule has 2 rings (SSSR count). The molecule has 1 aliphatic rings. The number of carbonyl (C=O) groups excluding carboxylic acids is 1. The minimum Gasteiger partial charge on any atom is -0.497 e. The first kappa shape index (κ1) is 14.7. The van der Waals surface area contributed by atoms with Crippen LogP contribution in [0.25, 0.3) is 0 Å². The average Bonchev–Trinajstić information content (AvgIpc) is 2.68. The van der Waals surface area contributed by atoms with Gasteiger partial charge in [-0.3, -0.25) is 4.79 Å². The highest BCUT2D eigenvalue weighted by atomic mass is 32.3. The Bertz CT molecular complexity index is 632. The fraction of sp³-hybridized carbons (Fsp3) is 0.417. The molecule has 0 radical (unpaired) electrons. The number of nitrogens with zero attached hydrogens (tertiary/aromatic N) is 1. The molecule has 20 heavy (non-hydrogen) atoms. The van der Waals surface area contributed by atoms with Crippen molar-refractivity contribution in [2.75, 3.05) is 24.3 Å². The third-order valence-electron chi connectivity index (χ3n) is 3.08. The zero-order valence-electron chi connectivity index (χ0n) is 10.7. The number of amides is 1. The SMILES string of the molecule is COc1ccc(F)c(N2CC(CS(=O)(=O)F)CC2=O)c1. The maximum atomic E-state index is 13.8. The fourth-order valence-corrected chi connectivity index (χ4v) is 3.02. The lowest BCUT2D eigenvalue weighted by molar-refractivity contribution is -0.117. The van der Waals surface area contributed by atoms with Crippen LogP contribution in [0.5, 0.6) is 5.75 Å². The number of anilines is 1. The summed E-state index contributed by atoms with van der Waals surface area (Å²) >= 11 is 0. The van der Waals surface area contributed by atoms with Crippen molar-refractivity contribution in [1.82, 2.24) is 0 Å². The van der Waals surface area contributed by atoms with E-state index >= 15 is 0 Å². The van der Waals surface area contributed by atoms with Gasteiger partial charge in [-0.2, -0.15) is 8.42 Å². The standard InChI is InChI=1S/C12H13F2NO4S/c1-19-9-2-3-10(13)11(5-9)15-6-8(4-12(15)16)7-20(14,17)18/h2-3,5,8H,4,6-7H2,1H3. The third kappa shape index (κ3) is 3.24. The van der Waals surface area contributed by atoms with Gasteiger partial charge in [0.05, 0.1) is 18.6 Å². The van der Waals surface area contributed by atoms with Gasteiger partial charge in [-0.25, -0.2) is 4.39 Å². The molecule has 0 N–H and O–H groups in total. The van der Waals surface area contributed by atoms with Gasteiger partial charge in [-0.1, -0.05) is 0 Å². The highest BCUT2D eigenvalue weighted by Crippen LogP contribution is 2.31. The van der Waals surface area contributed by atoms with Gasteiger partial charge in [0.15, 0.2) is 0 Å². The first-order valence-corrected chi connectivity index (χ1v) is 7.41. The first-order valence-electron chi connectivity index (χ1n) is 5.86. The number of rotatable bonds is 4. The van der Waals surface area contributed by atoms with Crippen LogP contribution in [0.4, 0.5) is 14.0 Å². The minimum absolute atomic E-state index is 0.00751. The van der Waals surface area contributed by atoms with E-state index in [-0.39, 0.29) is 18.7 Å². The smallest absolute Gasteiger partial charge is 0.302 e. The van der Waals surface area contributed by atoms with Crippen LogP contribution in [0.2, 0.25) is 0 Å². The Hall–Kier alpha value is -1.70. The highest BCUT2D eigenvalue weighted by Gasteiger charge is 2.34. The van der Waals surface area contributed by atoms with E-state index < -0.39 is 33.6 Å². The lowest BCUT2D eigenvalue weighted by atomic mass is 10.1. The lowest BCUT2D eigenvalue weighted by Gasteiger charge is -2.18. The number of benzene rings is 1. The molecule has 1 heterocycles. The summed E-state index contributed by atoms with van der Waals surface area (Å²) in [4.78, 5) is 12.9. The molecule has 1 aromatic carbocycles. The van der Waals surface area contributed by atoms with Crippen LogP contribution >= 0.6 is 0 Å². The van der Waals surface area contributed by atoms with E-state index in [9.17, 15) is 21.5 Å². The summed E-state index contributed by atoms with van der Waals surface area (Å²) in [6.07, 6.45) is -0.125. The Kier molecular flexibility index (Phi) is 3.94. The molecule has 1 unspecified atom stereocenters. The van der Waals surface area contributed by atoms with Gasteiger partial charge < -0.3 is 9.64 Å². The Balaban J connectivity index is 2.24. The molecule has 1 atom stereocenters. The molecule has 1 aliphatic heterocycles. The van der Waals surface area contributed by atoms with Gasteiger partial charge in [0.2, 0.25) is 5.91 Å². The van der Waals surface area contributed by atoms with Crippen LogP contribution in [0.3, 0.4) is 0 Å². The second-order valence-corrected chi connectivity index (χ2v) is 6.01. The quantitative estimate of drug-likeness (QED) is 0.791. The van der Waals surface area contributed by atoms with E-state index in [4.69, 9.17) is 4.74 Å². The van der Waals surface area contributed by atoms with E-state index in [0.29, 0.717) is 5.75 Å². The van der Waals surface area contributed by atoms with E-state index in [1.54, 1.807) is 0 Å². The van der Waals surface area contributed by atoms with Crippen molar-refractivity contribution in [3.8, 4) is 5.75 Å². The minimum atomic E-state index is -4.66. The van der Waals surface area contributed by atoms with E-state index in [0.717, 1.165) is 11.0 Å². The number of hydrogen-bond donors (Lipinski definition) is 0. The van der Waals surface area contributed by atoms with E-state index in [2.05, 4.69) is 0 Å². The second-order valence-electron chi connectivity index (χ2n) is 4.60. The maximum absolute atomic E-state index is 13.8. The summed E-state index contributed by atoms with van der Waals surface area (Å²) in [5, 5.41) is 0. The molecule has 0 aromatic heterocycles. The molecule has 5 nitrogen and oxygen atoms in total. The number of carbonyl (C=O) groups is 1. The normalized spacial score (nSPS) is 19.4. The molecule has 0 saturated carbocycles. The van der Waals surface area contributed by atoms with Gasteiger partial charge in [-0.05, 0) is 12.1 Å². The molecule has 8 heteroatoms. The Morgan fingerprint density at radius 3 is 2.75 bits per heavy atom. The molecule has 110 valence electrons. The molecular formula is C12H13F2NO4S. The molecule has 0 aliphatic carbocycles. The zero-order valence-corrected chi connectivity index (χ0v) is 11.5. The molecule has 1 amide bonds. The first-order chi connectivity index (χ1) is 9.30. The van der Waals surface area contributed by atoms with Crippen molar-refractivity contribution in [1.29, 1.82) is 0 Å². The number of halogens is 2. The summed E-state index contributed by atoms with van der Waals surface area (Å²) in [5.41, 5.74) is 0.00751. The lowest BCUT2D eigenvalue weighted by Crippen LogP contribution is -2.26. The Morgan fingerprint density at radius 1 is 1.45 bits per heavy atom. The molecule has 1 saturated heterocycles. The maximum Gasteiger partial charge on any atom is 0.302 e. The van der Waals surface area contributed by atoms with Crippen molar-refractivity contribution in [3.63, 3.8) is 0 Å². The number of methoxy groups -OCH3 is 1. The van der Waals surface area contributed by atoms with Gasteiger partial charge in [0, 0.05) is 24.9 Å². The molecule has 1 fully saturated rings. The highest BCUT2D eigenvalue weighted by molar-refractivity contribution is 7.86. The topological polar surface area (TPSA) is 63.7 Å². The molecular weight excluding hydrogens is 292 g/mol.